The molecule has 0 bridgehead atoms. The van der Waals surface area contributed by atoms with Crippen molar-refractivity contribution in [1.29, 1.82) is 0 Å². The number of amides is 1. The highest BCUT2D eigenvalue weighted by atomic mass is 32.2. The van der Waals surface area contributed by atoms with E-state index < -0.39 is 26.0 Å². The Bertz CT molecular complexity index is 1540. The first-order chi connectivity index (χ1) is 18.0. The number of benzene rings is 3. The first-order valence-corrected chi connectivity index (χ1v) is 15.5. The lowest BCUT2D eigenvalue weighted by atomic mass is 10.1. The molecule has 4 rings (SSSR count). The van der Waals surface area contributed by atoms with E-state index >= 15 is 0 Å². The van der Waals surface area contributed by atoms with Crippen molar-refractivity contribution in [3.63, 3.8) is 0 Å². The number of aryl methyl sites for hydroxylation is 3. The fourth-order valence-electron chi connectivity index (χ4n) is 4.37. The summed E-state index contributed by atoms with van der Waals surface area (Å²) in [5, 5.41) is 2.75. The number of nitrogens with one attached hydrogen (secondary N) is 2. The monoisotopic (exact) mass is 555 g/mol. The molecule has 202 valence electrons. The first-order valence-electron chi connectivity index (χ1n) is 12.6. The van der Waals surface area contributed by atoms with Crippen LogP contribution in [0.15, 0.2) is 70.5 Å². The van der Waals surface area contributed by atoms with E-state index in [2.05, 4.69) is 10.0 Å². The van der Waals surface area contributed by atoms with Crippen LogP contribution in [0.5, 0.6) is 0 Å². The van der Waals surface area contributed by atoms with E-state index in [0.717, 1.165) is 36.8 Å². The average molecular weight is 556 g/mol. The van der Waals surface area contributed by atoms with E-state index in [-0.39, 0.29) is 15.4 Å². The molecule has 0 saturated carbocycles. The largest absolute Gasteiger partial charge is 0.322 e. The minimum Gasteiger partial charge on any atom is -0.322 e. The zero-order valence-corrected chi connectivity index (χ0v) is 23.5. The van der Waals surface area contributed by atoms with Crippen LogP contribution in [-0.2, 0) is 20.0 Å². The summed E-state index contributed by atoms with van der Waals surface area (Å²) in [6, 6.07) is 15.7. The van der Waals surface area contributed by atoms with E-state index in [1.807, 2.05) is 19.9 Å². The summed E-state index contributed by atoms with van der Waals surface area (Å²) < 4.78 is 56.1. The quantitative estimate of drug-likeness (QED) is 0.415. The summed E-state index contributed by atoms with van der Waals surface area (Å²) in [4.78, 5) is 13.2. The van der Waals surface area contributed by atoms with E-state index in [1.54, 1.807) is 25.1 Å². The molecule has 2 N–H and O–H groups in total. The normalized spacial score (nSPS) is 15.0. The summed E-state index contributed by atoms with van der Waals surface area (Å²) in [6.07, 6.45) is 3.67. The SMILES string of the molecule is Cc1ccc(NS(=O)(=O)c2ccc(NC(=O)c3cc(S(=O)(=O)N4CCCCCC4)ccc3C)cc2)cc1C. The standard InChI is InChI=1S/C28H33N3O5S2/c1-20-8-10-24(18-22(20)3)30-37(33,34)25-14-11-23(12-15-25)29-28(32)27-19-26(13-9-21(27)2)38(35,36)31-16-6-4-5-7-17-31/h8-15,18-19,30H,4-7,16-17H2,1-3H3,(H,29,32). The highest BCUT2D eigenvalue weighted by Gasteiger charge is 2.26. The lowest BCUT2D eigenvalue weighted by Crippen LogP contribution is -2.32. The molecule has 1 saturated heterocycles. The maximum Gasteiger partial charge on any atom is 0.261 e. The summed E-state index contributed by atoms with van der Waals surface area (Å²) in [6.45, 7) is 6.56. The molecule has 1 amide bonds. The van der Waals surface area contributed by atoms with E-state index in [4.69, 9.17) is 0 Å². The molecule has 0 radical (unpaired) electrons. The van der Waals surface area contributed by atoms with E-state index in [1.165, 1.54) is 40.7 Å². The number of hydrogen-bond acceptors (Lipinski definition) is 5. The molecule has 1 fully saturated rings. The fourth-order valence-corrected chi connectivity index (χ4v) is 6.97. The molecule has 0 aliphatic carbocycles. The molecule has 1 aliphatic rings. The second kappa shape index (κ2) is 11.3. The van der Waals surface area contributed by atoms with Crippen molar-refractivity contribution in [3.8, 4) is 0 Å². The predicted octanol–water partition coefficient (Wildman–Crippen LogP) is 5.23. The van der Waals surface area contributed by atoms with Crippen molar-refractivity contribution in [2.24, 2.45) is 0 Å². The Morgan fingerprint density at radius 1 is 0.684 bits per heavy atom. The molecule has 1 heterocycles. The lowest BCUT2D eigenvalue weighted by molar-refractivity contribution is 0.102. The third kappa shape index (κ3) is 6.25. The summed E-state index contributed by atoms with van der Waals surface area (Å²) in [7, 11) is -7.52. The smallest absolute Gasteiger partial charge is 0.261 e. The molecule has 3 aromatic rings. The van der Waals surface area contributed by atoms with Gasteiger partial charge >= 0.3 is 0 Å². The molecule has 38 heavy (non-hydrogen) atoms. The van der Waals surface area contributed by atoms with Crippen LogP contribution in [0.3, 0.4) is 0 Å². The predicted molar refractivity (Wildman–Crippen MR) is 150 cm³/mol. The van der Waals surface area contributed by atoms with Gasteiger partial charge in [-0.05, 0) is 98.8 Å². The van der Waals surface area contributed by atoms with Gasteiger partial charge in [0.2, 0.25) is 10.0 Å². The molecule has 1 aliphatic heterocycles. The van der Waals surface area contributed by atoms with Crippen LogP contribution in [0.2, 0.25) is 0 Å². The van der Waals surface area contributed by atoms with Gasteiger partial charge in [-0.2, -0.15) is 4.31 Å². The Hall–Kier alpha value is -3.21. The van der Waals surface area contributed by atoms with Crippen LogP contribution < -0.4 is 10.0 Å². The minimum atomic E-state index is -3.82. The minimum absolute atomic E-state index is 0.0513. The molecule has 0 spiro atoms. The molecule has 8 nitrogen and oxygen atoms in total. The van der Waals surface area contributed by atoms with Crippen molar-refractivity contribution in [2.45, 2.75) is 56.2 Å². The summed E-state index contributed by atoms with van der Waals surface area (Å²) in [5.74, 6) is -0.473. The summed E-state index contributed by atoms with van der Waals surface area (Å²) >= 11 is 0. The van der Waals surface area contributed by atoms with Gasteiger partial charge in [-0.25, -0.2) is 16.8 Å². The van der Waals surface area contributed by atoms with Crippen LogP contribution in [-0.4, -0.2) is 40.1 Å². The van der Waals surface area contributed by atoms with Gasteiger partial charge in [-0.1, -0.05) is 25.0 Å². The van der Waals surface area contributed by atoms with Gasteiger partial charge in [0, 0.05) is 30.0 Å². The maximum atomic E-state index is 13.2. The third-order valence-electron chi connectivity index (χ3n) is 6.84. The molecule has 0 aromatic heterocycles. The van der Waals surface area contributed by atoms with Crippen molar-refractivity contribution in [3.05, 3.63) is 82.9 Å². The molecule has 0 atom stereocenters. The number of rotatable bonds is 7. The van der Waals surface area contributed by atoms with Gasteiger partial charge in [0.15, 0.2) is 0 Å². The molecule has 10 heteroatoms. The number of carbonyl (C=O) groups excluding carboxylic acids is 1. The second-order valence-electron chi connectivity index (χ2n) is 9.68. The highest BCUT2D eigenvalue weighted by Crippen LogP contribution is 2.24. The second-order valence-corrected chi connectivity index (χ2v) is 13.3. The molecular formula is C28H33N3O5S2. The van der Waals surface area contributed by atoms with Gasteiger partial charge in [0.25, 0.3) is 15.9 Å². The average Bonchev–Trinajstić information content (AvgIpc) is 3.17. The number of hydrogen-bond donors (Lipinski definition) is 2. The van der Waals surface area contributed by atoms with Crippen LogP contribution in [0, 0.1) is 20.8 Å². The van der Waals surface area contributed by atoms with Gasteiger partial charge in [0.05, 0.1) is 9.79 Å². The fraction of sp³-hybridized carbons (Fsp3) is 0.321. The molecular weight excluding hydrogens is 522 g/mol. The number of nitrogens with zero attached hydrogens (tertiary/aromatic N) is 1. The maximum absolute atomic E-state index is 13.2. The highest BCUT2D eigenvalue weighted by molar-refractivity contribution is 7.92. The van der Waals surface area contributed by atoms with Crippen LogP contribution >= 0.6 is 0 Å². The van der Waals surface area contributed by atoms with Crippen LogP contribution in [0.4, 0.5) is 11.4 Å². The van der Waals surface area contributed by atoms with Crippen molar-refractivity contribution in [2.75, 3.05) is 23.1 Å². The van der Waals surface area contributed by atoms with Crippen molar-refractivity contribution >= 4 is 37.3 Å². The van der Waals surface area contributed by atoms with E-state index in [9.17, 15) is 21.6 Å². The Labute approximate surface area is 225 Å². The zero-order valence-electron chi connectivity index (χ0n) is 21.8. The lowest BCUT2D eigenvalue weighted by Gasteiger charge is -2.20. The van der Waals surface area contributed by atoms with Gasteiger partial charge in [-0.3, -0.25) is 9.52 Å². The van der Waals surface area contributed by atoms with Crippen LogP contribution in [0.25, 0.3) is 0 Å². The Morgan fingerprint density at radius 3 is 1.89 bits per heavy atom. The zero-order chi connectivity index (χ0) is 27.5. The van der Waals surface area contributed by atoms with Gasteiger partial charge in [0.1, 0.15) is 0 Å². The third-order valence-corrected chi connectivity index (χ3v) is 10.1. The van der Waals surface area contributed by atoms with Crippen molar-refractivity contribution in [1.82, 2.24) is 4.31 Å². The van der Waals surface area contributed by atoms with Gasteiger partial charge < -0.3 is 5.32 Å². The van der Waals surface area contributed by atoms with Crippen molar-refractivity contribution < 1.29 is 21.6 Å². The Kier molecular flexibility index (Phi) is 8.25. The first kappa shape index (κ1) is 27.8. The number of sulfonamides is 2. The summed E-state index contributed by atoms with van der Waals surface area (Å²) in [5.41, 5.74) is 3.77. The van der Waals surface area contributed by atoms with Gasteiger partial charge in [-0.15, -0.1) is 0 Å². The van der Waals surface area contributed by atoms with E-state index in [0.29, 0.717) is 30.0 Å². The Morgan fingerprint density at radius 2 is 1.26 bits per heavy atom. The molecule has 3 aromatic carbocycles. The Balaban J connectivity index is 1.50. The topological polar surface area (TPSA) is 113 Å². The number of anilines is 2. The van der Waals surface area contributed by atoms with Crippen LogP contribution in [0.1, 0.15) is 52.7 Å². The molecule has 0 unspecified atom stereocenters. The number of carbonyl (C=O) groups is 1.